The number of primary sulfonamides is 1. The van der Waals surface area contributed by atoms with Gasteiger partial charge in [-0.05, 0) is 25.0 Å². The van der Waals surface area contributed by atoms with Crippen LogP contribution in [0.2, 0.25) is 0 Å². The van der Waals surface area contributed by atoms with Crippen molar-refractivity contribution in [1.82, 2.24) is 4.90 Å². The van der Waals surface area contributed by atoms with Gasteiger partial charge in [0.25, 0.3) is 5.91 Å². The van der Waals surface area contributed by atoms with Gasteiger partial charge in [0.2, 0.25) is 10.0 Å². The van der Waals surface area contributed by atoms with E-state index in [0.717, 1.165) is 24.6 Å². The van der Waals surface area contributed by atoms with Crippen molar-refractivity contribution in [2.75, 3.05) is 24.7 Å². The zero-order valence-corrected chi connectivity index (χ0v) is 17.4. The van der Waals surface area contributed by atoms with Crippen LogP contribution in [0.15, 0.2) is 23.1 Å². The van der Waals surface area contributed by atoms with Crippen LogP contribution in [0, 0.1) is 10.1 Å². The van der Waals surface area contributed by atoms with Crippen LogP contribution >= 0.6 is 0 Å². The highest BCUT2D eigenvalue weighted by molar-refractivity contribution is 7.91. The van der Waals surface area contributed by atoms with E-state index >= 15 is 0 Å². The van der Waals surface area contributed by atoms with Gasteiger partial charge in [0.1, 0.15) is 0 Å². The Morgan fingerprint density at radius 2 is 2.10 bits per heavy atom. The largest absolute Gasteiger partial charge is 0.477 e. The number of sulfone groups is 1. The van der Waals surface area contributed by atoms with Crippen molar-refractivity contribution in [1.29, 1.82) is 0 Å². The third-order valence-corrected chi connectivity index (χ3v) is 7.19. The SMILES string of the molecule is CCCCN(C(=O)COc1ccc(S(N)(=O)=O)cc1[N+](=O)[O-])C1CCS(=O)(=O)C1. The van der Waals surface area contributed by atoms with Crippen LogP contribution in [-0.2, 0) is 24.7 Å². The van der Waals surface area contributed by atoms with Crippen LogP contribution in [0.4, 0.5) is 5.69 Å². The van der Waals surface area contributed by atoms with Crippen LogP contribution in [0.5, 0.6) is 5.75 Å². The molecule has 0 saturated carbocycles. The quantitative estimate of drug-likeness (QED) is 0.418. The molecule has 0 spiro atoms. The smallest absolute Gasteiger partial charge is 0.312 e. The van der Waals surface area contributed by atoms with Crippen molar-refractivity contribution < 1.29 is 31.3 Å². The molecule has 0 radical (unpaired) electrons. The Labute approximate surface area is 168 Å². The molecule has 1 aromatic rings. The molecule has 11 nitrogen and oxygen atoms in total. The second-order valence-corrected chi connectivity index (χ2v) is 10.5. The lowest BCUT2D eigenvalue weighted by molar-refractivity contribution is -0.386. The lowest BCUT2D eigenvalue weighted by atomic mass is 10.2. The van der Waals surface area contributed by atoms with Crippen LogP contribution < -0.4 is 9.88 Å². The summed E-state index contributed by atoms with van der Waals surface area (Å²) in [5.41, 5.74) is -0.645. The standard InChI is InChI=1S/C16H23N3O8S2/c1-2-3-7-18(12-6-8-28(23,24)11-12)16(20)10-27-15-5-4-13(29(17,25)26)9-14(15)19(21)22/h4-5,9,12H,2-3,6-8,10-11H2,1H3,(H2,17,25,26). The zero-order valence-electron chi connectivity index (χ0n) is 15.8. The van der Waals surface area contributed by atoms with Gasteiger partial charge in [0.05, 0.1) is 21.3 Å². The molecule has 0 bridgehead atoms. The highest BCUT2D eigenvalue weighted by Crippen LogP contribution is 2.29. The third kappa shape index (κ3) is 6.11. The summed E-state index contributed by atoms with van der Waals surface area (Å²) in [5.74, 6) is -0.892. The minimum absolute atomic E-state index is 0.00885. The maximum absolute atomic E-state index is 12.6. The molecule has 13 heteroatoms. The number of sulfonamides is 1. The van der Waals surface area contributed by atoms with Crippen molar-refractivity contribution in [3.63, 3.8) is 0 Å². The molecule has 1 aliphatic heterocycles. The number of rotatable bonds is 9. The minimum atomic E-state index is -4.14. The molecule has 1 unspecified atom stereocenters. The molecule has 29 heavy (non-hydrogen) atoms. The molecule has 1 saturated heterocycles. The van der Waals surface area contributed by atoms with Gasteiger partial charge < -0.3 is 9.64 Å². The molecule has 2 rings (SSSR count). The first-order valence-corrected chi connectivity index (χ1v) is 12.3. The van der Waals surface area contributed by atoms with E-state index in [0.29, 0.717) is 19.4 Å². The molecule has 0 aliphatic carbocycles. The maximum Gasteiger partial charge on any atom is 0.312 e. The number of benzene rings is 1. The molecule has 2 N–H and O–H groups in total. The average Bonchev–Trinajstić information content (AvgIpc) is 2.98. The zero-order chi connectivity index (χ0) is 21.8. The van der Waals surface area contributed by atoms with Crippen molar-refractivity contribution in [2.24, 2.45) is 5.14 Å². The number of amides is 1. The van der Waals surface area contributed by atoms with E-state index in [4.69, 9.17) is 9.88 Å². The highest BCUT2D eigenvalue weighted by atomic mass is 32.2. The van der Waals surface area contributed by atoms with E-state index in [1.165, 1.54) is 4.90 Å². The first-order valence-electron chi connectivity index (χ1n) is 8.88. The Balaban J connectivity index is 2.17. The Morgan fingerprint density at radius 3 is 2.62 bits per heavy atom. The van der Waals surface area contributed by atoms with Gasteiger partial charge in [0, 0.05) is 18.7 Å². The number of carbonyl (C=O) groups excluding carboxylic acids is 1. The summed E-state index contributed by atoms with van der Waals surface area (Å²) in [6.45, 7) is 1.74. The fraction of sp³-hybridized carbons (Fsp3) is 0.562. The number of nitrogens with zero attached hydrogens (tertiary/aromatic N) is 2. The molecule has 1 heterocycles. The van der Waals surface area contributed by atoms with E-state index < -0.39 is 53.9 Å². The van der Waals surface area contributed by atoms with E-state index in [1.807, 2.05) is 6.92 Å². The van der Waals surface area contributed by atoms with Crippen LogP contribution in [0.25, 0.3) is 0 Å². The maximum atomic E-state index is 12.6. The molecule has 1 aliphatic rings. The van der Waals surface area contributed by atoms with Gasteiger partial charge >= 0.3 is 5.69 Å². The number of nitro benzene ring substituents is 1. The van der Waals surface area contributed by atoms with E-state index in [2.05, 4.69) is 0 Å². The molecule has 1 fully saturated rings. The summed E-state index contributed by atoms with van der Waals surface area (Å²) in [7, 11) is -7.34. The van der Waals surface area contributed by atoms with Gasteiger partial charge in [-0.2, -0.15) is 0 Å². The Bertz CT molecular complexity index is 991. The van der Waals surface area contributed by atoms with E-state index in [9.17, 15) is 31.7 Å². The predicted octanol–water partition coefficient (Wildman–Crippen LogP) is 0.437. The summed E-state index contributed by atoms with van der Waals surface area (Å²) >= 11 is 0. The second kappa shape index (κ2) is 9.05. The van der Waals surface area contributed by atoms with Crippen molar-refractivity contribution in [3.05, 3.63) is 28.3 Å². The number of hydrogen-bond acceptors (Lipinski definition) is 8. The molecular formula is C16H23N3O8S2. The van der Waals surface area contributed by atoms with E-state index in [-0.39, 0.29) is 17.3 Å². The topological polar surface area (TPSA) is 167 Å². The summed E-state index contributed by atoms with van der Waals surface area (Å²) in [6.07, 6.45) is 1.80. The number of nitrogens with two attached hydrogens (primary N) is 1. The molecular weight excluding hydrogens is 426 g/mol. The summed E-state index contributed by atoms with van der Waals surface area (Å²) in [5, 5.41) is 16.2. The predicted molar refractivity (Wildman–Crippen MR) is 104 cm³/mol. The average molecular weight is 450 g/mol. The highest BCUT2D eigenvalue weighted by Gasteiger charge is 2.34. The lowest BCUT2D eigenvalue weighted by Crippen LogP contribution is -2.44. The summed E-state index contributed by atoms with van der Waals surface area (Å²) in [4.78, 5) is 24.0. The Kier molecular flexibility index (Phi) is 7.19. The third-order valence-electron chi connectivity index (χ3n) is 4.53. The minimum Gasteiger partial charge on any atom is -0.477 e. The molecule has 1 amide bonds. The van der Waals surface area contributed by atoms with Gasteiger partial charge in [0.15, 0.2) is 22.2 Å². The Hall–Kier alpha value is -2.25. The molecule has 0 aromatic heterocycles. The number of unbranched alkanes of at least 4 members (excludes halogenated alkanes) is 1. The normalized spacial score (nSPS) is 18.3. The number of ether oxygens (including phenoxy) is 1. The molecule has 162 valence electrons. The number of carbonyl (C=O) groups is 1. The van der Waals surface area contributed by atoms with Crippen molar-refractivity contribution >= 4 is 31.5 Å². The van der Waals surface area contributed by atoms with E-state index in [1.54, 1.807) is 0 Å². The summed E-state index contributed by atoms with van der Waals surface area (Å²) < 4.78 is 51.5. The van der Waals surface area contributed by atoms with Crippen molar-refractivity contribution in [2.45, 2.75) is 37.1 Å². The van der Waals surface area contributed by atoms with Gasteiger partial charge in [-0.15, -0.1) is 0 Å². The molecule has 1 aromatic carbocycles. The van der Waals surface area contributed by atoms with Crippen LogP contribution in [-0.4, -0.2) is 63.3 Å². The van der Waals surface area contributed by atoms with Crippen molar-refractivity contribution in [3.8, 4) is 5.75 Å². The lowest BCUT2D eigenvalue weighted by Gasteiger charge is -2.28. The van der Waals surface area contributed by atoms with Crippen LogP contribution in [0.1, 0.15) is 26.2 Å². The van der Waals surface area contributed by atoms with Gasteiger partial charge in [-0.25, -0.2) is 22.0 Å². The first kappa shape index (κ1) is 23.0. The van der Waals surface area contributed by atoms with Gasteiger partial charge in [-0.3, -0.25) is 14.9 Å². The summed E-state index contributed by atoms with van der Waals surface area (Å²) in [6, 6.07) is 2.40. The fourth-order valence-electron chi connectivity index (χ4n) is 3.02. The number of nitro groups is 1. The second-order valence-electron chi connectivity index (χ2n) is 6.72. The Morgan fingerprint density at radius 1 is 1.41 bits per heavy atom. The molecule has 1 atom stereocenters. The monoisotopic (exact) mass is 449 g/mol. The first-order chi connectivity index (χ1) is 13.4. The van der Waals surface area contributed by atoms with Gasteiger partial charge in [-0.1, -0.05) is 13.3 Å². The fourth-order valence-corrected chi connectivity index (χ4v) is 5.29. The van der Waals surface area contributed by atoms with Crippen LogP contribution in [0.3, 0.4) is 0 Å². The number of hydrogen-bond donors (Lipinski definition) is 1.